The monoisotopic (exact) mass is 576 g/mol. The molecule has 0 saturated carbocycles. The zero-order valence-corrected chi connectivity index (χ0v) is 25.0. The molecule has 1 atom stereocenters. The molecular formula is C32H36N10O. The molecule has 0 radical (unpaired) electrons. The van der Waals surface area contributed by atoms with Gasteiger partial charge in [-0.15, -0.1) is 0 Å². The van der Waals surface area contributed by atoms with Crippen LogP contribution in [0.2, 0.25) is 0 Å². The predicted molar refractivity (Wildman–Crippen MR) is 169 cm³/mol. The SMILES string of the molecule is Cc1cc(Nc2ncnc3ccc(N4CCN(C(=O)/C=C/CN(C)C)C[C@@H]4C)nc23)ccc1Cc1ccn2ncnc2c1. The number of aryl methyl sites for hydroxylation is 1. The summed E-state index contributed by atoms with van der Waals surface area (Å²) in [6.45, 7) is 6.97. The average molecular weight is 577 g/mol. The summed E-state index contributed by atoms with van der Waals surface area (Å²) in [4.78, 5) is 37.2. The van der Waals surface area contributed by atoms with Crippen LogP contribution in [0.3, 0.4) is 0 Å². The number of aromatic nitrogens is 6. The Bertz CT molecular complexity index is 1800. The molecule has 11 heteroatoms. The number of anilines is 3. The van der Waals surface area contributed by atoms with Crippen LogP contribution in [0.5, 0.6) is 0 Å². The lowest BCUT2D eigenvalue weighted by Gasteiger charge is -2.40. The summed E-state index contributed by atoms with van der Waals surface area (Å²) in [5.41, 5.74) is 6.85. The van der Waals surface area contributed by atoms with Crippen molar-refractivity contribution in [2.75, 3.05) is 50.5 Å². The Kier molecular flexibility index (Phi) is 7.97. The Labute approximate surface area is 250 Å². The number of carbonyl (C=O) groups is 1. The van der Waals surface area contributed by atoms with E-state index in [2.05, 4.69) is 74.4 Å². The van der Waals surface area contributed by atoms with Gasteiger partial charge in [-0.1, -0.05) is 12.1 Å². The fraction of sp³-hybridized carbons (Fsp3) is 0.312. The topological polar surface area (TPSA) is 108 Å². The molecular weight excluding hydrogens is 540 g/mol. The van der Waals surface area contributed by atoms with Crippen LogP contribution >= 0.6 is 0 Å². The summed E-state index contributed by atoms with van der Waals surface area (Å²) < 4.78 is 1.77. The summed E-state index contributed by atoms with van der Waals surface area (Å²) in [6.07, 6.45) is 9.46. The van der Waals surface area contributed by atoms with E-state index in [9.17, 15) is 4.79 Å². The van der Waals surface area contributed by atoms with Gasteiger partial charge < -0.3 is 20.0 Å². The average Bonchev–Trinajstić information content (AvgIpc) is 3.46. The standard InChI is InChI=1S/C32H36N10O/c1-22-16-26(8-7-25(22)17-24-11-13-42-29(18-24)34-21-36-42)37-32-31-27(33-20-35-32)9-10-28(38-31)41-15-14-40(19-23(41)2)30(43)6-5-12-39(3)4/h5-11,13,16,18,20-21,23H,12,14-15,17,19H2,1-4H3,(H,33,35,37)/b6-5+/t23-/m0/s1. The Balaban J connectivity index is 1.17. The second kappa shape index (κ2) is 12.1. The van der Waals surface area contributed by atoms with Gasteiger partial charge in [-0.3, -0.25) is 4.79 Å². The van der Waals surface area contributed by atoms with Gasteiger partial charge in [0, 0.05) is 50.2 Å². The highest BCUT2D eigenvalue weighted by atomic mass is 16.2. The minimum absolute atomic E-state index is 0.0532. The van der Waals surface area contributed by atoms with Crippen molar-refractivity contribution in [3.8, 4) is 0 Å². The molecule has 0 aliphatic carbocycles. The van der Waals surface area contributed by atoms with E-state index in [1.807, 2.05) is 48.3 Å². The Morgan fingerprint density at radius 1 is 1.07 bits per heavy atom. The van der Waals surface area contributed by atoms with E-state index >= 15 is 0 Å². The van der Waals surface area contributed by atoms with E-state index in [0.29, 0.717) is 31.0 Å². The number of benzene rings is 1. The van der Waals surface area contributed by atoms with E-state index in [0.717, 1.165) is 35.6 Å². The summed E-state index contributed by atoms with van der Waals surface area (Å²) in [6, 6.07) is 14.6. The molecule has 1 aliphatic heterocycles. The Morgan fingerprint density at radius 2 is 1.95 bits per heavy atom. The van der Waals surface area contributed by atoms with Crippen LogP contribution in [0.15, 0.2) is 73.5 Å². The van der Waals surface area contributed by atoms with Gasteiger partial charge in [-0.05, 0) is 87.5 Å². The summed E-state index contributed by atoms with van der Waals surface area (Å²) in [5.74, 6) is 1.56. The van der Waals surface area contributed by atoms with Crippen LogP contribution in [-0.4, -0.2) is 91.6 Å². The fourth-order valence-corrected chi connectivity index (χ4v) is 5.45. The molecule has 1 aromatic carbocycles. The van der Waals surface area contributed by atoms with Crippen molar-refractivity contribution in [2.24, 2.45) is 0 Å². The van der Waals surface area contributed by atoms with Crippen LogP contribution in [-0.2, 0) is 11.2 Å². The first-order valence-electron chi connectivity index (χ1n) is 14.5. The van der Waals surface area contributed by atoms with Crippen molar-refractivity contribution in [1.82, 2.24) is 39.3 Å². The molecule has 6 rings (SSSR count). The maximum absolute atomic E-state index is 12.7. The second-order valence-electron chi connectivity index (χ2n) is 11.3. The summed E-state index contributed by atoms with van der Waals surface area (Å²) in [7, 11) is 3.97. The van der Waals surface area contributed by atoms with Crippen LogP contribution in [0.4, 0.5) is 17.3 Å². The maximum atomic E-state index is 12.7. The van der Waals surface area contributed by atoms with Crippen molar-refractivity contribution in [1.29, 1.82) is 0 Å². The number of piperazine rings is 1. The first-order valence-corrected chi connectivity index (χ1v) is 14.5. The van der Waals surface area contributed by atoms with Crippen molar-refractivity contribution in [3.63, 3.8) is 0 Å². The van der Waals surface area contributed by atoms with Gasteiger partial charge >= 0.3 is 0 Å². The lowest BCUT2D eigenvalue weighted by Crippen LogP contribution is -2.53. The van der Waals surface area contributed by atoms with Crippen molar-refractivity contribution in [2.45, 2.75) is 26.3 Å². The molecule has 4 aromatic heterocycles. The zero-order valence-electron chi connectivity index (χ0n) is 25.0. The van der Waals surface area contributed by atoms with Gasteiger partial charge in [0.15, 0.2) is 11.5 Å². The van der Waals surface area contributed by atoms with Gasteiger partial charge in [-0.2, -0.15) is 5.10 Å². The molecule has 0 unspecified atom stereocenters. The van der Waals surface area contributed by atoms with Crippen molar-refractivity contribution in [3.05, 3.63) is 90.2 Å². The number of amides is 1. The van der Waals surface area contributed by atoms with Gasteiger partial charge in [0.2, 0.25) is 5.91 Å². The Morgan fingerprint density at radius 3 is 2.77 bits per heavy atom. The lowest BCUT2D eigenvalue weighted by atomic mass is 10.0. The lowest BCUT2D eigenvalue weighted by molar-refractivity contribution is -0.126. The van der Waals surface area contributed by atoms with Crippen molar-refractivity contribution < 1.29 is 4.79 Å². The van der Waals surface area contributed by atoms with E-state index in [1.165, 1.54) is 16.7 Å². The van der Waals surface area contributed by atoms with Crippen LogP contribution in [0.25, 0.3) is 16.7 Å². The predicted octanol–water partition coefficient (Wildman–Crippen LogP) is 3.87. The number of rotatable bonds is 8. The quantitative estimate of drug-likeness (QED) is 0.276. The zero-order chi connectivity index (χ0) is 29.9. The number of fused-ring (bicyclic) bond motifs is 2. The fourth-order valence-electron chi connectivity index (χ4n) is 5.45. The van der Waals surface area contributed by atoms with Gasteiger partial charge in [0.1, 0.15) is 24.0 Å². The molecule has 11 nitrogen and oxygen atoms in total. The number of nitrogens with one attached hydrogen (secondary N) is 1. The molecule has 1 N–H and O–H groups in total. The number of likely N-dealkylation sites (N-methyl/N-ethyl adjacent to an activating group) is 1. The number of nitrogens with zero attached hydrogens (tertiary/aromatic N) is 9. The normalized spacial score (nSPS) is 15.7. The third-order valence-electron chi connectivity index (χ3n) is 7.78. The molecule has 1 amide bonds. The highest BCUT2D eigenvalue weighted by Gasteiger charge is 2.27. The number of pyridine rings is 2. The molecule has 0 spiro atoms. The number of carbonyl (C=O) groups excluding carboxylic acids is 1. The van der Waals surface area contributed by atoms with Gasteiger partial charge in [-0.25, -0.2) is 24.5 Å². The molecule has 220 valence electrons. The van der Waals surface area contributed by atoms with Gasteiger partial charge in [0.05, 0.1) is 5.52 Å². The van der Waals surface area contributed by atoms with Gasteiger partial charge in [0.25, 0.3) is 0 Å². The second-order valence-corrected chi connectivity index (χ2v) is 11.3. The van der Waals surface area contributed by atoms with Crippen LogP contribution in [0, 0.1) is 6.92 Å². The molecule has 5 heterocycles. The largest absolute Gasteiger partial charge is 0.350 e. The minimum Gasteiger partial charge on any atom is -0.350 e. The van der Waals surface area contributed by atoms with E-state index in [4.69, 9.17) is 4.98 Å². The summed E-state index contributed by atoms with van der Waals surface area (Å²) in [5, 5.41) is 7.65. The molecule has 0 bridgehead atoms. The molecule has 1 fully saturated rings. The molecule has 1 aliphatic rings. The van der Waals surface area contributed by atoms with E-state index in [-0.39, 0.29) is 11.9 Å². The smallest absolute Gasteiger partial charge is 0.246 e. The molecule has 1 saturated heterocycles. The highest BCUT2D eigenvalue weighted by molar-refractivity contribution is 5.89. The highest BCUT2D eigenvalue weighted by Crippen LogP contribution is 2.27. The van der Waals surface area contributed by atoms with Crippen LogP contribution in [0.1, 0.15) is 23.6 Å². The number of hydrogen-bond acceptors (Lipinski definition) is 9. The van der Waals surface area contributed by atoms with Crippen LogP contribution < -0.4 is 10.2 Å². The third-order valence-corrected chi connectivity index (χ3v) is 7.78. The van der Waals surface area contributed by atoms with E-state index in [1.54, 1.807) is 23.2 Å². The maximum Gasteiger partial charge on any atom is 0.246 e. The first kappa shape index (κ1) is 28.2. The number of hydrogen-bond donors (Lipinski definition) is 1. The molecule has 43 heavy (non-hydrogen) atoms. The third kappa shape index (κ3) is 6.31. The van der Waals surface area contributed by atoms with Crippen molar-refractivity contribution >= 4 is 39.9 Å². The Hall–Kier alpha value is -4.90. The first-order chi connectivity index (χ1) is 20.8. The van der Waals surface area contributed by atoms with E-state index < -0.39 is 0 Å². The molecule has 5 aromatic rings. The minimum atomic E-state index is 0.0532. The summed E-state index contributed by atoms with van der Waals surface area (Å²) >= 11 is 0.